The predicted octanol–water partition coefficient (Wildman–Crippen LogP) is 3.20. The van der Waals surface area contributed by atoms with Gasteiger partial charge in [-0.2, -0.15) is 0 Å². The lowest BCUT2D eigenvalue weighted by Gasteiger charge is -2.20. The Labute approximate surface area is 116 Å². The van der Waals surface area contributed by atoms with Crippen molar-refractivity contribution in [3.63, 3.8) is 0 Å². The summed E-state index contributed by atoms with van der Waals surface area (Å²) in [6, 6.07) is 5.30. The van der Waals surface area contributed by atoms with Crippen molar-refractivity contribution in [2.75, 3.05) is 5.32 Å². The van der Waals surface area contributed by atoms with Crippen LogP contribution < -0.4 is 5.32 Å². The van der Waals surface area contributed by atoms with Gasteiger partial charge in [-0.05, 0) is 37.1 Å². The van der Waals surface area contributed by atoms with E-state index in [0.29, 0.717) is 16.6 Å². The first kappa shape index (κ1) is 14.2. The molecule has 1 heterocycles. The number of hydrogen-bond acceptors (Lipinski definition) is 3. The van der Waals surface area contributed by atoms with Crippen molar-refractivity contribution in [3.8, 4) is 0 Å². The second-order valence-electron chi connectivity index (χ2n) is 5.18. The first-order valence-electron chi connectivity index (χ1n) is 6.44. The number of carboxylic acids is 1. The maximum atomic E-state index is 13.4. The average molecular weight is 276 g/mol. The summed E-state index contributed by atoms with van der Waals surface area (Å²) in [6.45, 7) is 5.46. The third-order valence-electron chi connectivity index (χ3n) is 3.14. The number of benzene rings is 1. The van der Waals surface area contributed by atoms with Gasteiger partial charge in [0.25, 0.3) is 0 Å². The highest BCUT2D eigenvalue weighted by Crippen LogP contribution is 2.25. The summed E-state index contributed by atoms with van der Waals surface area (Å²) in [6.07, 6.45) is 0. The van der Waals surface area contributed by atoms with Gasteiger partial charge in [-0.3, -0.25) is 4.98 Å². The molecule has 2 aromatic rings. The van der Waals surface area contributed by atoms with E-state index in [2.05, 4.69) is 10.3 Å². The fourth-order valence-corrected chi connectivity index (χ4v) is 2.13. The zero-order chi connectivity index (χ0) is 14.9. The monoisotopic (exact) mass is 276 g/mol. The Kier molecular flexibility index (Phi) is 3.88. The molecule has 4 nitrogen and oxygen atoms in total. The van der Waals surface area contributed by atoms with Gasteiger partial charge in [-0.15, -0.1) is 0 Å². The number of halogens is 1. The number of nitrogens with zero attached hydrogens (tertiary/aromatic N) is 1. The molecule has 0 aliphatic rings. The Hall–Kier alpha value is -2.17. The highest BCUT2D eigenvalue weighted by molar-refractivity contribution is 5.93. The van der Waals surface area contributed by atoms with Crippen molar-refractivity contribution >= 4 is 22.6 Å². The standard InChI is InChI=1S/C15H17FN2O2/c1-8(2)14(15(19)20)18-13-6-9(3)17-12-5-4-10(16)7-11(12)13/h4-8,14H,1-3H3,(H,17,18)(H,19,20)/t14-/m1/s1. The molecule has 0 aliphatic carbocycles. The lowest BCUT2D eigenvalue weighted by atomic mass is 10.0. The van der Waals surface area contributed by atoms with Gasteiger partial charge in [0.05, 0.1) is 5.52 Å². The molecule has 0 fully saturated rings. The van der Waals surface area contributed by atoms with E-state index in [1.165, 1.54) is 12.1 Å². The van der Waals surface area contributed by atoms with Crippen LogP contribution in [-0.2, 0) is 4.79 Å². The van der Waals surface area contributed by atoms with E-state index in [1.54, 1.807) is 12.1 Å². The first-order chi connectivity index (χ1) is 9.38. The maximum Gasteiger partial charge on any atom is 0.326 e. The maximum absolute atomic E-state index is 13.4. The summed E-state index contributed by atoms with van der Waals surface area (Å²) in [4.78, 5) is 15.6. The van der Waals surface area contributed by atoms with E-state index in [9.17, 15) is 14.3 Å². The van der Waals surface area contributed by atoms with Crippen molar-refractivity contribution in [1.82, 2.24) is 4.98 Å². The van der Waals surface area contributed by atoms with Crippen LogP contribution >= 0.6 is 0 Å². The summed E-state index contributed by atoms with van der Waals surface area (Å²) in [7, 11) is 0. The molecule has 0 amide bonds. The van der Waals surface area contributed by atoms with Crippen LogP contribution in [0.2, 0.25) is 0 Å². The van der Waals surface area contributed by atoms with Crippen molar-refractivity contribution in [2.24, 2.45) is 5.92 Å². The summed E-state index contributed by atoms with van der Waals surface area (Å²) >= 11 is 0. The molecule has 1 aromatic carbocycles. The molecule has 0 aliphatic heterocycles. The quantitative estimate of drug-likeness (QED) is 0.900. The Bertz CT molecular complexity index is 656. The number of aryl methyl sites for hydroxylation is 1. The Morgan fingerprint density at radius 2 is 2.05 bits per heavy atom. The molecule has 2 rings (SSSR count). The van der Waals surface area contributed by atoms with E-state index in [1.807, 2.05) is 20.8 Å². The molecule has 1 aromatic heterocycles. The van der Waals surface area contributed by atoms with Crippen LogP contribution in [0.1, 0.15) is 19.5 Å². The highest BCUT2D eigenvalue weighted by Gasteiger charge is 2.22. The van der Waals surface area contributed by atoms with Crippen LogP contribution in [-0.4, -0.2) is 22.1 Å². The fraction of sp³-hybridized carbons (Fsp3) is 0.333. The Balaban J connectivity index is 2.52. The number of carboxylic acid groups (broad SMARTS) is 1. The summed E-state index contributed by atoms with van der Waals surface area (Å²) in [5.41, 5.74) is 1.98. The van der Waals surface area contributed by atoms with Crippen molar-refractivity contribution in [2.45, 2.75) is 26.8 Å². The second-order valence-corrected chi connectivity index (χ2v) is 5.18. The third-order valence-corrected chi connectivity index (χ3v) is 3.14. The summed E-state index contributed by atoms with van der Waals surface area (Å²) < 4.78 is 13.4. The van der Waals surface area contributed by atoms with E-state index in [4.69, 9.17) is 0 Å². The van der Waals surface area contributed by atoms with Gasteiger partial charge in [0.2, 0.25) is 0 Å². The molecular formula is C15H17FN2O2. The van der Waals surface area contributed by atoms with E-state index in [0.717, 1.165) is 5.69 Å². The van der Waals surface area contributed by atoms with Crippen molar-refractivity contribution in [3.05, 3.63) is 35.8 Å². The number of fused-ring (bicyclic) bond motifs is 1. The molecule has 5 heteroatoms. The number of pyridine rings is 1. The van der Waals surface area contributed by atoms with Crippen molar-refractivity contribution in [1.29, 1.82) is 0 Å². The fourth-order valence-electron chi connectivity index (χ4n) is 2.13. The van der Waals surface area contributed by atoms with Gasteiger partial charge in [0.15, 0.2) is 0 Å². The van der Waals surface area contributed by atoms with E-state index < -0.39 is 12.0 Å². The average Bonchev–Trinajstić information content (AvgIpc) is 2.35. The van der Waals surface area contributed by atoms with Crippen LogP contribution in [0, 0.1) is 18.7 Å². The summed E-state index contributed by atoms with van der Waals surface area (Å²) in [5.74, 6) is -1.40. The van der Waals surface area contributed by atoms with Crippen molar-refractivity contribution < 1.29 is 14.3 Å². The van der Waals surface area contributed by atoms with Gasteiger partial charge in [0, 0.05) is 16.8 Å². The first-order valence-corrected chi connectivity index (χ1v) is 6.44. The lowest BCUT2D eigenvalue weighted by Crippen LogP contribution is -2.34. The van der Waals surface area contributed by atoms with Gasteiger partial charge in [-0.25, -0.2) is 9.18 Å². The lowest BCUT2D eigenvalue weighted by molar-refractivity contribution is -0.138. The highest BCUT2D eigenvalue weighted by atomic mass is 19.1. The van der Waals surface area contributed by atoms with E-state index in [-0.39, 0.29) is 11.7 Å². The van der Waals surface area contributed by atoms with Gasteiger partial charge >= 0.3 is 5.97 Å². The number of anilines is 1. The van der Waals surface area contributed by atoms with Crippen LogP contribution in [0.3, 0.4) is 0 Å². The minimum atomic E-state index is -0.931. The molecule has 0 spiro atoms. The minimum absolute atomic E-state index is 0.0930. The molecule has 2 N–H and O–H groups in total. The van der Waals surface area contributed by atoms with Gasteiger partial charge in [-0.1, -0.05) is 13.8 Å². The number of aliphatic carboxylic acids is 1. The normalized spacial score (nSPS) is 12.7. The SMILES string of the molecule is Cc1cc(N[C@@H](C(=O)O)C(C)C)c2cc(F)ccc2n1. The zero-order valence-electron chi connectivity index (χ0n) is 11.6. The van der Waals surface area contributed by atoms with Crippen LogP contribution in [0.15, 0.2) is 24.3 Å². The molecule has 0 radical (unpaired) electrons. The molecule has 0 unspecified atom stereocenters. The zero-order valence-corrected chi connectivity index (χ0v) is 11.6. The molecule has 0 bridgehead atoms. The minimum Gasteiger partial charge on any atom is -0.480 e. The topological polar surface area (TPSA) is 62.2 Å². The smallest absolute Gasteiger partial charge is 0.326 e. The van der Waals surface area contributed by atoms with Gasteiger partial charge in [0.1, 0.15) is 11.9 Å². The number of rotatable bonds is 4. The predicted molar refractivity (Wildman–Crippen MR) is 76.3 cm³/mol. The molecule has 0 saturated heterocycles. The Morgan fingerprint density at radius 1 is 1.35 bits per heavy atom. The molecule has 106 valence electrons. The summed E-state index contributed by atoms with van der Waals surface area (Å²) in [5, 5.41) is 12.8. The molecule has 1 atom stereocenters. The number of carbonyl (C=O) groups is 1. The Morgan fingerprint density at radius 3 is 2.65 bits per heavy atom. The largest absolute Gasteiger partial charge is 0.480 e. The van der Waals surface area contributed by atoms with Crippen LogP contribution in [0.5, 0.6) is 0 Å². The number of aromatic nitrogens is 1. The number of nitrogens with one attached hydrogen (secondary N) is 1. The molecule has 0 saturated carbocycles. The van der Waals surface area contributed by atoms with Crippen LogP contribution in [0.25, 0.3) is 10.9 Å². The van der Waals surface area contributed by atoms with E-state index >= 15 is 0 Å². The molecular weight excluding hydrogens is 259 g/mol. The number of hydrogen-bond donors (Lipinski definition) is 2. The third kappa shape index (κ3) is 2.87. The second kappa shape index (κ2) is 5.45. The van der Waals surface area contributed by atoms with Gasteiger partial charge < -0.3 is 10.4 Å². The molecule has 20 heavy (non-hydrogen) atoms. The van der Waals surface area contributed by atoms with Crippen LogP contribution in [0.4, 0.5) is 10.1 Å².